The molecule has 0 spiro atoms. The summed E-state index contributed by atoms with van der Waals surface area (Å²) < 4.78 is 0. The summed E-state index contributed by atoms with van der Waals surface area (Å²) in [5, 5.41) is 46.8. The van der Waals surface area contributed by atoms with E-state index in [4.69, 9.17) is 10.2 Å². The number of benzene rings is 1. The molecule has 0 aliphatic rings. The van der Waals surface area contributed by atoms with Gasteiger partial charge < -0.3 is 20.4 Å². The van der Waals surface area contributed by atoms with Crippen LogP contribution in [0.25, 0.3) is 0 Å². The Hall–Kier alpha value is -1.70. The first-order valence-electron chi connectivity index (χ1n) is 4.41. The van der Waals surface area contributed by atoms with E-state index in [1.54, 1.807) is 0 Å². The van der Waals surface area contributed by atoms with Gasteiger partial charge in [-0.3, -0.25) is 10.1 Å². The molecule has 0 heterocycles. The highest BCUT2D eigenvalue weighted by molar-refractivity contribution is 5.47. The second-order valence-corrected chi connectivity index (χ2v) is 3.20. The largest absolute Gasteiger partial charge is 0.502 e. The van der Waals surface area contributed by atoms with Crippen LogP contribution in [-0.2, 0) is 0 Å². The van der Waals surface area contributed by atoms with E-state index in [-0.39, 0.29) is 5.56 Å². The lowest BCUT2D eigenvalue weighted by molar-refractivity contribution is -0.385. The Morgan fingerprint density at radius 2 is 2.00 bits per heavy atom. The van der Waals surface area contributed by atoms with Crippen LogP contribution in [0.2, 0.25) is 0 Å². The number of hydrogen-bond acceptors (Lipinski definition) is 6. The van der Waals surface area contributed by atoms with Crippen molar-refractivity contribution >= 4 is 5.69 Å². The third-order valence-corrected chi connectivity index (χ3v) is 2.09. The molecule has 0 aliphatic carbocycles. The van der Waals surface area contributed by atoms with Gasteiger partial charge in [0.2, 0.25) is 0 Å². The quantitative estimate of drug-likeness (QED) is 0.414. The highest BCUT2D eigenvalue weighted by Gasteiger charge is 2.21. The Balaban J connectivity index is 3.01. The predicted molar refractivity (Wildman–Crippen MR) is 52.8 cm³/mol. The zero-order valence-corrected chi connectivity index (χ0v) is 8.15. The normalized spacial score (nSPS) is 14.4. The molecule has 7 nitrogen and oxygen atoms in total. The molecule has 0 bridgehead atoms. The van der Waals surface area contributed by atoms with E-state index < -0.39 is 35.2 Å². The molecular weight excluding hydrogens is 218 g/mol. The Labute approximate surface area is 90.4 Å². The molecule has 1 aromatic rings. The van der Waals surface area contributed by atoms with Crippen LogP contribution in [0.15, 0.2) is 18.2 Å². The van der Waals surface area contributed by atoms with E-state index in [0.717, 1.165) is 12.1 Å². The van der Waals surface area contributed by atoms with Crippen LogP contribution in [-0.4, -0.2) is 38.1 Å². The molecule has 4 N–H and O–H groups in total. The van der Waals surface area contributed by atoms with Crippen molar-refractivity contribution < 1.29 is 25.3 Å². The maximum atomic E-state index is 10.4. The van der Waals surface area contributed by atoms with E-state index >= 15 is 0 Å². The molecule has 0 amide bonds. The molecule has 0 aromatic heterocycles. The van der Waals surface area contributed by atoms with Crippen LogP contribution in [0.5, 0.6) is 5.75 Å². The average molecular weight is 229 g/mol. The van der Waals surface area contributed by atoms with Crippen molar-refractivity contribution in [2.45, 2.75) is 12.2 Å². The Morgan fingerprint density at radius 3 is 2.44 bits per heavy atom. The molecule has 0 radical (unpaired) electrons. The second-order valence-electron chi connectivity index (χ2n) is 3.20. The van der Waals surface area contributed by atoms with Crippen molar-refractivity contribution in [2.75, 3.05) is 6.61 Å². The van der Waals surface area contributed by atoms with E-state index in [9.17, 15) is 20.3 Å². The number of phenolic OH excluding ortho intramolecular Hbond substituents is 1. The van der Waals surface area contributed by atoms with Gasteiger partial charge >= 0.3 is 5.69 Å². The van der Waals surface area contributed by atoms with Crippen molar-refractivity contribution in [3.8, 4) is 5.75 Å². The molecule has 0 fully saturated rings. The number of phenols is 1. The molecule has 2 unspecified atom stereocenters. The summed E-state index contributed by atoms with van der Waals surface area (Å²) >= 11 is 0. The lowest BCUT2D eigenvalue weighted by Crippen LogP contribution is -2.21. The van der Waals surface area contributed by atoms with Crippen molar-refractivity contribution in [3.63, 3.8) is 0 Å². The molecule has 1 aromatic carbocycles. The summed E-state index contributed by atoms with van der Waals surface area (Å²) in [6.07, 6.45) is -2.81. The highest BCUT2D eigenvalue weighted by atomic mass is 16.6. The second kappa shape index (κ2) is 4.88. The maximum Gasteiger partial charge on any atom is 0.310 e. The zero-order valence-electron chi connectivity index (χ0n) is 8.15. The Kier molecular flexibility index (Phi) is 3.78. The molecule has 7 heteroatoms. The fourth-order valence-electron chi connectivity index (χ4n) is 1.20. The predicted octanol–water partition coefficient (Wildman–Crippen LogP) is -0.313. The summed E-state index contributed by atoms with van der Waals surface area (Å²) in [5.41, 5.74) is -0.404. The monoisotopic (exact) mass is 229 g/mol. The van der Waals surface area contributed by atoms with Gasteiger partial charge in [0.25, 0.3) is 0 Å². The average Bonchev–Trinajstić information content (AvgIpc) is 2.26. The lowest BCUT2D eigenvalue weighted by Gasteiger charge is -2.15. The fraction of sp³-hybridized carbons (Fsp3) is 0.333. The number of nitro benzene ring substituents is 1. The number of aliphatic hydroxyl groups is 3. The molecule has 88 valence electrons. The molecule has 0 saturated heterocycles. The van der Waals surface area contributed by atoms with Crippen LogP contribution < -0.4 is 0 Å². The van der Waals surface area contributed by atoms with E-state index in [2.05, 4.69) is 0 Å². The number of rotatable bonds is 4. The Bertz CT molecular complexity index is 394. The molecule has 2 atom stereocenters. The number of nitrogens with zero attached hydrogens (tertiary/aromatic N) is 1. The van der Waals surface area contributed by atoms with Crippen molar-refractivity contribution in [1.29, 1.82) is 0 Å². The first-order valence-corrected chi connectivity index (χ1v) is 4.41. The third kappa shape index (κ3) is 2.45. The molecule has 1 rings (SSSR count). The minimum Gasteiger partial charge on any atom is -0.502 e. The van der Waals surface area contributed by atoms with Crippen LogP contribution in [0.1, 0.15) is 11.7 Å². The van der Waals surface area contributed by atoms with Gasteiger partial charge in [0.1, 0.15) is 12.2 Å². The van der Waals surface area contributed by atoms with E-state index in [1.165, 1.54) is 6.07 Å². The van der Waals surface area contributed by atoms with Crippen molar-refractivity contribution in [2.24, 2.45) is 0 Å². The topological polar surface area (TPSA) is 124 Å². The number of nitro groups is 1. The van der Waals surface area contributed by atoms with Crippen LogP contribution in [0.3, 0.4) is 0 Å². The van der Waals surface area contributed by atoms with Gasteiger partial charge in [0.05, 0.1) is 11.5 Å². The van der Waals surface area contributed by atoms with Gasteiger partial charge in [-0.1, -0.05) is 0 Å². The van der Waals surface area contributed by atoms with Crippen molar-refractivity contribution in [3.05, 3.63) is 33.9 Å². The van der Waals surface area contributed by atoms with E-state index in [1.807, 2.05) is 0 Å². The minimum atomic E-state index is -1.41. The van der Waals surface area contributed by atoms with Crippen LogP contribution >= 0.6 is 0 Å². The first-order chi connectivity index (χ1) is 7.47. The summed E-state index contributed by atoms with van der Waals surface area (Å²) in [6.45, 7) is -0.654. The molecular formula is C9H11NO6. The van der Waals surface area contributed by atoms with Gasteiger partial charge in [0, 0.05) is 6.07 Å². The third-order valence-electron chi connectivity index (χ3n) is 2.09. The fourth-order valence-corrected chi connectivity index (χ4v) is 1.20. The molecule has 0 aliphatic heterocycles. The van der Waals surface area contributed by atoms with Crippen molar-refractivity contribution in [1.82, 2.24) is 0 Å². The number of aromatic hydroxyl groups is 1. The van der Waals surface area contributed by atoms with Gasteiger partial charge in [-0.2, -0.15) is 0 Å². The van der Waals surface area contributed by atoms with E-state index in [0.29, 0.717) is 0 Å². The van der Waals surface area contributed by atoms with Gasteiger partial charge in [0.15, 0.2) is 5.75 Å². The van der Waals surface area contributed by atoms with Crippen LogP contribution in [0.4, 0.5) is 5.69 Å². The van der Waals surface area contributed by atoms with Gasteiger partial charge in [-0.25, -0.2) is 0 Å². The number of hydrogen-bond donors (Lipinski definition) is 4. The minimum absolute atomic E-state index is 0.0876. The van der Waals surface area contributed by atoms with Gasteiger partial charge in [-0.05, 0) is 17.7 Å². The van der Waals surface area contributed by atoms with Gasteiger partial charge in [-0.15, -0.1) is 0 Å². The maximum absolute atomic E-state index is 10.4. The smallest absolute Gasteiger partial charge is 0.310 e. The summed E-state index contributed by atoms with van der Waals surface area (Å²) in [5.74, 6) is -0.605. The standard InChI is InChI=1S/C9H11NO6/c11-4-8(13)9(14)5-1-2-6(10(15)16)7(12)3-5/h1-3,8-9,11-14H,4H2. The molecule has 0 saturated carbocycles. The zero-order chi connectivity index (χ0) is 12.3. The summed E-state index contributed by atoms with van der Waals surface area (Å²) in [7, 11) is 0. The Morgan fingerprint density at radius 1 is 1.38 bits per heavy atom. The SMILES string of the molecule is O=[N+]([O-])c1ccc(C(O)C(O)CO)cc1O. The lowest BCUT2D eigenvalue weighted by atomic mass is 10.0. The number of aliphatic hydroxyl groups excluding tert-OH is 3. The highest BCUT2D eigenvalue weighted by Crippen LogP contribution is 2.29. The molecule has 16 heavy (non-hydrogen) atoms. The summed E-state index contributed by atoms with van der Waals surface area (Å²) in [4.78, 5) is 9.62. The van der Waals surface area contributed by atoms with Crippen LogP contribution in [0, 0.1) is 10.1 Å². The first kappa shape index (κ1) is 12.4. The summed E-state index contributed by atoms with van der Waals surface area (Å²) in [6, 6.07) is 3.18.